The molecule has 0 spiro atoms. The minimum atomic E-state index is -0.421. The molecule has 1 aromatic carbocycles. The van der Waals surface area contributed by atoms with Crippen molar-refractivity contribution >= 4 is 33.2 Å². The third kappa shape index (κ3) is 2.19. The summed E-state index contributed by atoms with van der Waals surface area (Å²) < 4.78 is 0.689. The van der Waals surface area contributed by atoms with Crippen LogP contribution in [0.2, 0.25) is 0 Å². The van der Waals surface area contributed by atoms with E-state index in [2.05, 4.69) is 15.9 Å². The summed E-state index contributed by atoms with van der Waals surface area (Å²) in [5.41, 5.74) is 1.81. The molecule has 13 heavy (non-hydrogen) atoms. The number of nitro groups is 1. The number of rotatable bonds is 2. The first-order chi connectivity index (χ1) is 6.06. The molecule has 5 heteroatoms. The maximum Gasteiger partial charge on any atom is 0.270 e. The van der Waals surface area contributed by atoms with E-state index in [1.54, 1.807) is 6.92 Å². The van der Waals surface area contributed by atoms with Gasteiger partial charge in [-0.25, -0.2) is 0 Å². The maximum atomic E-state index is 10.5. The van der Waals surface area contributed by atoms with Crippen LogP contribution in [-0.2, 0) is 5.88 Å². The van der Waals surface area contributed by atoms with Gasteiger partial charge in [0.25, 0.3) is 5.69 Å². The SMILES string of the molecule is Cc1cc([N+](=O)[O-])cc(Br)c1CCl. The molecular formula is C8H7BrClNO2. The van der Waals surface area contributed by atoms with Crippen molar-refractivity contribution < 1.29 is 4.92 Å². The Balaban J connectivity index is 3.28. The van der Waals surface area contributed by atoms with Crippen LogP contribution in [0, 0.1) is 17.0 Å². The van der Waals surface area contributed by atoms with E-state index >= 15 is 0 Å². The summed E-state index contributed by atoms with van der Waals surface area (Å²) in [4.78, 5) is 10.0. The highest BCUT2D eigenvalue weighted by atomic mass is 79.9. The molecule has 0 heterocycles. The van der Waals surface area contributed by atoms with Crippen molar-refractivity contribution in [2.75, 3.05) is 0 Å². The Kier molecular flexibility index (Phi) is 3.27. The highest BCUT2D eigenvalue weighted by Gasteiger charge is 2.11. The van der Waals surface area contributed by atoms with Gasteiger partial charge in [0.05, 0.1) is 4.92 Å². The third-order valence-corrected chi connectivity index (χ3v) is 2.72. The zero-order valence-corrected chi connectivity index (χ0v) is 9.22. The second-order valence-corrected chi connectivity index (χ2v) is 3.74. The van der Waals surface area contributed by atoms with Crippen LogP contribution in [0.25, 0.3) is 0 Å². The van der Waals surface area contributed by atoms with Crippen molar-refractivity contribution in [3.8, 4) is 0 Å². The number of nitrogens with zero attached hydrogens (tertiary/aromatic N) is 1. The van der Waals surface area contributed by atoms with Gasteiger partial charge in [0.1, 0.15) is 0 Å². The van der Waals surface area contributed by atoms with Gasteiger partial charge in [-0.2, -0.15) is 0 Å². The lowest BCUT2D eigenvalue weighted by Gasteiger charge is -2.04. The average Bonchev–Trinajstić information content (AvgIpc) is 2.03. The van der Waals surface area contributed by atoms with Crippen LogP contribution in [0.1, 0.15) is 11.1 Å². The fourth-order valence-corrected chi connectivity index (χ4v) is 2.23. The van der Waals surface area contributed by atoms with Crippen LogP contribution < -0.4 is 0 Å². The molecule has 0 bridgehead atoms. The summed E-state index contributed by atoms with van der Waals surface area (Å²) >= 11 is 8.91. The van der Waals surface area contributed by atoms with Gasteiger partial charge in [0.15, 0.2) is 0 Å². The van der Waals surface area contributed by atoms with E-state index in [1.807, 2.05) is 0 Å². The molecule has 0 aliphatic rings. The quantitative estimate of drug-likeness (QED) is 0.467. The molecule has 0 N–H and O–H groups in total. The molecule has 0 aliphatic carbocycles. The van der Waals surface area contributed by atoms with Gasteiger partial charge < -0.3 is 0 Å². The second kappa shape index (κ2) is 4.07. The summed E-state index contributed by atoms with van der Waals surface area (Å²) in [6.07, 6.45) is 0. The Morgan fingerprint density at radius 2 is 2.23 bits per heavy atom. The predicted octanol–water partition coefficient (Wildman–Crippen LogP) is 3.40. The molecule has 0 saturated heterocycles. The Hall–Kier alpha value is -0.610. The molecule has 3 nitrogen and oxygen atoms in total. The minimum absolute atomic E-state index is 0.0817. The van der Waals surface area contributed by atoms with E-state index in [0.717, 1.165) is 11.1 Å². The minimum Gasteiger partial charge on any atom is -0.258 e. The molecule has 0 atom stereocenters. The van der Waals surface area contributed by atoms with E-state index in [1.165, 1.54) is 12.1 Å². The summed E-state index contributed by atoms with van der Waals surface area (Å²) in [5.74, 6) is 0.352. The lowest BCUT2D eigenvalue weighted by atomic mass is 10.1. The molecule has 0 aliphatic heterocycles. The predicted molar refractivity (Wildman–Crippen MR) is 55.1 cm³/mol. The van der Waals surface area contributed by atoms with Crippen LogP contribution >= 0.6 is 27.5 Å². The topological polar surface area (TPSA) is 43.1 Å². The van der Waals surface area contributed by atoms with E-state index in [0.29, 0.717) is 10.4 Å². The molecule has 1 rings (SSSR count). The van der Waals surface area contributed by atoms with Crippen molar-refractivity contribution in [1.82, 2.24) is 0 Å². The summed E-state index contributed by atoms with van der Waals surface area (Å²) in [6.45, 7) is 1.80. The second-order valence-electron chi connectivity index (χ2n) is 2.61. The molecule has 70 valence electrons. The molecule has 0 radical (unpaired) electrons. The summed E-state index contributed by atoms with van der Waals surface area (Å²) in [5, 5.41) is 10.5. The van der Waals surface area contributed by atoms with Gasteiger partial charge in [0.2, 0.25) is 0 Å². The van der Waals surface area contributed by atoms with E-state index in [-0.39, 0.29) is 5.69 Å². The number of benzene rings is 1. The van der Waals surface area contributed by atoms with Gasteiger partial charge in [-0.15, -0.1) is 11.6 Å². The lowest BCUT2D eigenvalue weighted by Crippen LogP contribution is -1.93. The van der Waals surface area contributed by atoms with Gasteiger partial charge in [-0.05, 0) is 18.1 Å². The van der Waals surface area contributed by atoms with Crippen LogP contribution in [-0.4, -0.2) is 4.92 Å². The molecule has 0 fully saturated rings. The number of hydrogen-bond donors (Lipinski definition) is 0. The normalized spacial score (nSPS) is 10.1. The van der Waals surface area contributed by atoms with Crippen molar-refractivity contribution in [3.63, 3.8) is 0 Å². The standard InChI is InChI=1S/C8H7BrClNO2/c1-5-2-6(11(12)13)3-8(9)7(5)4-10/h2-3H,4H2,1H3. The molecular weight excluding hydrogens is 257 g/mol. The lowest BCUT2D eigenvalue weighted by molar-refractivity contribution is -0.385. The number of hydrogen-bond acceptors (Lipinski definition) is 2. The highest BCUT2D eigenvalue weighted by Crippen LogP contribution is 2.27. The van der Waals surface area contributed by atoms with Crippen molar-refractivity contribution in [2.45, 2.75) is 12.8 Å². The van der Waals surface area contributed by atoms with E-state index in [9.17, 15) is 10.1 Å². The van der Waals surface area contributed by atoms with Gasteiger partial charge in [-0.1, -0.05) is 15.9 Å². The third-order valence-electron chi connectivity index (χ3n) is 1.75. The highest BCUT2D eigenvalue weighted by molar-refractivity contribution is 9.10. The molecule has 0 aromatic heterocycles. The molecule has 0 amide bonds. The van der Waals surface area contributed by atoms with Crippen LogP contribution in [0.3, 0.4) is 0 Å². The van der Waals surface area contributed by atoms with Gasteiger partial charge in [0, 0.05) is 22.5 Å². The Labute approximate surface area is 89.0 Å². The fourth-order valence-electron chi connectivity index (χ4n) is 1.03. The van der Waals surface area contributed by atoms with Gasteiger partial charge >= 0.3 is 0 Å². The van der Waals surface area contributed by atoms with Crippen LogP contribution in [0.5, 0.6) is 0 Å². The Bertz CT molecular complexity index is 331. The molecule has 0 saturated carbocycles. The van der Waals surface area contributed by atoms with Crippen LogP contribution in [0.15, 0.2) is 16.6 Å². The van der Waals surface area contributed by atoms with Crippen LogP contribution in [0.4, 0.5) is 5.69 Å². The number of aryl methyl sites for hydroxylation is 1. The Morgan fingerprint density at radius 1 is 1.62 bits per heavy atom. The first kappa shape index (κ1) is 10.5. The molecule has 1 aromatic rings. The zero-order chi connectivity index (χ0) is 10.0. The fraction of sp³-hybridized carbons (Fsp3) is 0.250. The largest absolute Gasteiger partial charge is 0.270 e. The number of non-ortho nitro benzene ring substituents is 1. The van der Waals surface area contributed by atoms with Crippen molar-refractivity contribution in [3.05, 3.63) is 37.8 Å². The number of nitro benzene ring substituents is 1. The summed E-state index contributed by atoms with van der Waals surface area (Å²) in [6, 6.07) is 2.98. The maximum absolute atomic E-state index is 10.5. The number of halogens is 2. The smallest absolute Gasteiger partial charge is 0.258 e. The molecule has 0 unspecified atom stereocenters. The average molecular weight is 265 g/mol. The zero-order valence-electron chi connectivity index (χ0n) is 6.88. The van der Waals surface area contributed by atoms with E-state index < -0.39 is 4.92 Å². The monoisotopic (exact) mass is 263 g/mol. The van der Waals surface area contributed by atoms with Crippen molar-refractivity contribution in [1.29, 1.82) is 0 Å². The number of alkyl halides is 1. The summed E-state index contributed by atoms with van der Waals surface area (Å²) in [7, 11) is 0. The first-order valence-corrected chi connectivity index (χ1v) is 4.88. The van der Waals surface area contributed by atoms with Crippen molar-refractivity contribution in [2.24, 2.45) is 0 Å². The Morgan fingerprint density at radius 3 is 2.62 bits per heavy atom. The van der Waals surface area contributed by atoms with E-state index in [4.69, 9.17) is 11.6 Å². The van der Waals surface area contributed by atoms with Gasteiger partial charge in [-0.3, -0.25) is 10.1 Å². The first-order valence-electron chi connectivity index (χ1n) is 3.55.